The van der Waals surface area contributed by atoms with Gasteiger partial charge in [-0.1, -0.05) is 44.2 Å². The number of para-hydroxylation sites is 1. The summed E-state index contributed by atoms with van der Waals surface area (Å²) in [6.07, 6.45) is 2.20. The number of carbonyl (C=O) groups is 1. The molecule has 3 rings (SSSR count). The van der Waals surface area contributed by atoms with Crippen molar-refractivity contribution in [3.63, 3.8) is 0 Å². The van der Waals surface area contributed by atoms with Crippen LogP contribution in [-0.2, 0) is 11.2 Å². The quantitative estimate of drug-likeness (QED) is 0.663. The van der Waals surface area contributed by atoms with Crippen molar-refractivity contribution in [1.29, 1.82) is 0 Å². The van der Waals surface area contributed by atoms with Gasteiger partial charge in [-0.2, -0.15) is 0 Å². The Hall–Kier alpha value is -2.75. The molecule has 3 aromatic rings. The number of hydrogen-bond acceptors (Lipinski definition) is 2. The Morgan fingerprint density at radius 2 is 1.92 bits per heavy atom. The number of hydrogen-bond donors (Lipinski definition) is 2. The van der Waals surface area contributed by atoms with Crippen LogP contribution < -0.4 is 10.1 Å². The van der Waals surface area contributed by atoms with E-state index in [-0.39, 0.29) is 5.91 Å². The second kappa shape index (κ2) is 8.09. The number of benzene rings is 2. The van der Waals surface area contributed by atoms with Crippen LogP contribution in [0, 0.1) is 0 Å². The highest BCUT2D eigenvalue weighted by atomic mass is 16.5. The van der Waals surface area contributed by atoms with Crippen LogP contribution in [0.15, 0.2) is 54.7 Å². The molecule has 0 saturated carbocycles. The number of aromatic nitrogens is 1. The summed E-state index contributed by atoms with van der Waals surface area (Å²) in [6.45, 7) is 6.61. The van der Waals surface area contributed by atoms with E-state index in [1.165, 1.54) is 10.9 Å². The first-order chi connectivity index (χ1) is 12.5. The smallest absolute Gasteiger partial charge is 0.260 e. The molecule has 0 radical (unpaired) electrons. The number of carbonyl (C=O) groups excluding carboxylic acids is 1. The predicted octanol–water partition coefficient (Wildman–Crippen LogP) is 4.42. The van der Waals surface area contributed by atoms with Crippen molar-refractivity contribution in [2.45, 2.75) is 39.2 Å². The Kier molecular flexibility index (Phi) is 5.61. The SMILES string of the molecule is CC(Oc1ccccc1C(C)C)C(=O)NCCc1ccc2cc[nH]c2c1. The molecule has 26 heavy (non-hydrogen) atoms. The topological polar surface area (TPSA) is 54.1 Å². The molecule has 1 atom stereocenters. The molecule has 0 fully saturated rings. The van der Waals surface area contributed by atoms with Crippen molar-refractivity contribution in [3.8, 4) is 5.75 Å². The summed E-state index contributed by atoms with van der Waals surface area (Å²) >= 11 is 0. The van der Waals surface area contributed by atoms with E-state index in [2.05, 4.69) is 48.4 Å². The van der Waals surface area contributed by atoms with Crippen LogP contribution in [-0.4, -0.2) is 23.5 Å². The molecule has 0 saturated heterocycles. The number of amides is 1. The summed E-state index contributed by atoms with van der Waals surface area (Å²) in [5.74, 6) is 1.04. The zero-order valence-corrected chi connectivity index (χ0v) is 15.6. The van der Waals surface area contributed by atoms with Crippen LogP contribution in [0.2, 0.25) is 0 Å². The lowest BCUT2D eigenvalue weighted by Crippen LogP contribution is -2.37. The van der Waals surface area contributed by atoms with Crippen molar-refractivity contribution < 1.29 is 9.53 Å². The van der Waals surface area contributed by atoms with Crippen LogP contribution in [0.25, 0.3) is 10.9 Å². The third kappa shape index (κ3) is 4.26. The Labute approximate surface area is 154 Å². The summed E-state index contributed by atoms with van der Waals surface area (Å²) in [5.41, 5.74) is 3.43. The first-order valence-corrected chi connectivity index (χ1v) is 9.14. The normalized spacial score (nSPS) is 12.3. The van der Waals surface area contributed by atoms with Crippen molar-refractivity contribution in [2.75, 3.05) is 6.54 Å². The summed E-state index contributed by atoms with van der Waals surface area (Å²) in [4.78, 5) is 15.6. The average molecular weight is 350 g/mol. The van der Waals surface area contributed by atoms with Gasteiger partial charge in [-0.3, -0.25) is 4.79 Å². The molecule has 0 aliphatic carbocycles. The number of nitrogens with one attached hydrogen (secondary N) is 2. The molecule has 0 bridgehead atoms. The number of rotatable bonds is 7. The lowest BCUT2D eigenvalue weighted by Gasteiger charge is -2.18. The van der Waals surface area contributed by atoms with E-state index < -0.39 is 6.10 Å². The minimum atomic E-state index is -0.527. The fraction of sp³-hybridized carbons (Fsp3) is 0.318. The molecule has 1 unspecified atom stereocenters. The second-order valence-electron chi connectivity index (χ2n) is 6.89. The van der Waals surface area contributed by atoms with Gasteiger partial charge >= 0.3 is 0 Å². The minimum Gasteiger partial charge on any atom is -0.481 e. The van der Waals surface area contributed by atoms with E-state index in [4.69, 9.17) is 4.74 Å². The van der Waals surface area contributed by atoms with Gasteiger partial charge in [0.1, 0.15) is 5.75 Å². The van der Waals surface area contributed by atoms with Crippen molar-refractivity contribution in [1.82, 2.24) is 10.3 Å². The van der Waals surface area contributed by atoms with E-state index in [9.17, 15) is 4.79 Å². The molecule has 0 aliphatic heterocycles. The highest BCUT2D eigenvalue weighted by Crippen LogP contribution is 2.26. The maximum Gasteiger partial charge on any atom is 0.260 e. The zero-order valence-electron chi connectivity index (χ0n) is 15.6. The fourth-order valence-electron chi connectivity index (χ4n) is 3.03. The lowest BCUT2D eigenvalue weighted by atomic mass is 10.0. The minimum absolute atomic E-state index is 0.0930. The largest absolute Gasteiger partial charge is 0.481 e. The van der Waals surface area contributed by atoms with Gasteiger partial charge in [0.2, 0.25) is 0 Å². The molecule has 136 valence electrons. The monoisotopic (exact) mass is 350 g/mol. The second-order valence-corrected chi connectivity index (χ2v) is 6.89. The average Bonchev–Trinajstić information content (AvgIpc) is 3.09. The lowest BCUT2D eigenvalue weighted by molar-refractivity contribution is -0.127. The van der Waals surface area contributed by atoms with Crippen LogP contribution in [0.4, 0.5) is 0 Å². The first kappa shape index (κ1) is 18.1. The van der Waals surface area contributed by atoms with Crippen molar-refractivity contribution in [3.05, 3.63) is 65.9 Å². The van der Waals surface area contributed by atoms with E-state index in [0.717, 1.165) is 23.3 Å². The molecule has 0 spiro atoms. The molecule has 1 aromatic heterocycles. The van der Waals surface area contributed by atoms with E-state index in [1.807, 2.05) is 30.5 Å². The Morgan fingerprint density at radius 1 is 1.12 bits per heavy atom. The summed E-state index contributed by atoms with van der Waals surface area (Å²) < 4.78 is 5.90. The first-order valence-electron chi connectivity index (χ1n) is 9.14. The fourth-order valence-corrected chi connectivity index (χ4v) is 3.03. The highest BCUT2D eigenvalue weighted by molar-refractivity contribution is 5.81. The van der Waals surface area contributed by atoms with E-state index in [0.29, 0.717) is 12.5 Å². The maximum atomic E-state index is 12.3. The van der Waals surface area contributed by atoms with Crippen LogP contribution >= 0.6 is 0 Å². The van der Waals surface area contributed by atoms with Crippen LogP contribution in [0.3, 0.4) is 0 Å². The van der Waals surface area contributed by atoms with Gasteiger partial charge in [0, 0.05) is 18.3 Å². The number of ether oxygens (including phenoxy) is 1. The van der Waals surface area contributed by atoms with Crippen LogP contribution in [0.5, 0.6) is 5.75 Å². The van der Waals surface area contributed by atoms with Gasteiger partial charge in [-0.15, -0.1) is 0 Å². The molecular weight excluding hydrogens is 324 g/mol. The molecule has 1 amide bonds. The molecule has 2 aromatic carbocycles. The Bertz CT molecular complexity index is 882. The van der Waals surface area contributed by atoms with E-state index >= 15 is 0 Å². The molecule has 4 nitrogen and oxygen atoms in total. The molecule has 2 N–H and O–H groups in total. The van der Waals surface area contributed by atoms with Gasteiger partial charge in [-0.05, 0) is 54.0 Å². The third-order valence-electron chi connectivity index (χ3n) is 4.55. The number of fused-ring (bicyclic) bond motifs is 1. The molecule has 0 aliphatic rings. The van der Waals surface area contributed by atoms with Gasteiger partial charge in [0.05, 0.1) is 0 Å². The predicted molar refractivity (Wildman–Crippen MR) is 106 cm³/mol. The maximum absolute atomic E-state index is 12.3. The number of H-pyrrole nitrogens is 1. The van der Waals surface area contributed by atoms with Crippen molar-refractivity contribution >= 4 is 16.8 Å². The van der Waals surface area contributed by atoms with E-state index in [1.54, 1.807) is 6.92 Å². The van der Waals surface area contributed by atoms with Gasteiger partial charge in [0.25, 0.3) is 5.91 Å². The Morgan fingerprint density at radius 3 is 2.73 bits per heavy atom. The summed E-state index contributed by atoms with van der Waals surface area (Å²) in [6, 6.07) is 16.3. The van der Waals surface area contributed by atoms with Gasteiger partial charge in [-0.25, -0.2) is 0 Å². The van der Waals surface area contributed by atoms with Gasteiger partial charge in [0.15, 0.2) is 6.10 Å². The Balaban J connectivity index is 1.53. The van der Waals surface area contributed by atoms with Crippen molar-refractivity contribution in [2.24, 2.45) is 0 Å². The molecule has 4 heteroatoms. The third-order valence-corrected chi connectivity index (χ3v) is 4.55. The molecular formula is C22H26N2O2. The number of aromatic amines is 1. The zero-order chi connectivity index (χ0) is 18.5. The molecule has 1 heterocycles. The summed E-state index contributed by atoms with van der Waals surface area (Å²) in [7, 11) is 0. The summed E-state index contributed by atoms with van der Waals surface area (Å²) in [5, 5.41) is 4.17. The van der Waals surface area contributed by atoms with Crippen LogP contribution in [0.1, 0.15) is 37.8 Å². The standard InChI is InChI=1S/C22H26N2O2/c1-15(2)19-6-4-5-7-21(19)26-16(3)22(25)24-12-10-17-8-9-18-11-13-23-20(18)14-17/h4-9,11,13-16,23H,10,12H2,1-3H3,(H,24,25). The van der Waals surface area contributed by atoms with Gasteiger partial charge < -0.3 is 15.0 Å². The highest BCUT2D eigenvalue weighted by Gasteiger charge is 2.16.